The second-order valence-corrected chi connectivity index (χ2v) is 9.35. The number of fused-ring (bicyclic) bond motifs is 1. The average molecular weight is 476 g/mol. The van der Waals surface area contributed by atoms with Crippen LogP contribution in [0.2, 0.25) is 0 Å². The summed E-state index contributed by atoms with van der Waals surface area (Å²) >= 11 is 2.11. The third kappa shape index (κ3) is 4.22. The first-order chi connectivity index (χ1) is 15.5. The summed E-state index contributed by atoms with van der Waals surface area (Å²) in [6, 6.07) is 10.8. The molecule has 1 saturated carbocycles. The monoisotopic (exact) mass is 475 g/mol. The first-order valence-electron chi connectivity index (χ1n) is 9.83. The van der Waals surface area contributed by atoms with Crippen LogP contribution in [0.3, 0.4) is 0 Å². The van der Waals surface area contributed by atoms with Crippen LogP contribution in [-0.2, 0) is 11.3 Å². The molecule has 1 aliphatic rings. The Morgan fingerprint density at radius 1 is 1.16 bits per heavy atom. The number of thiazole rings is 1. The van der Waals surface area contributed by atoms with E-state index in [1.54, 1.807) is 0 Å². The van der Waals surface area contributed by atoms with Crippen LogP contribution in [0.25, 0.3) is 10.2 Å². The van der Waals surface area contributed by atoms with Gasteiger partial charge in [-0.3, -0.25) is 4.79 Å². The van der Waals surface area contributed by atoms with Crippen LogP contribution in [0.4, 0.5) is 18.3 Å². The number of hydrogen-bond acceptors (Lipinski definition) is 6. The van der Waals surface area contributed by atoms with Crippen molar-refractivity contribution < 1.29 is 18.0 Å². The Hall–Kier alpha value is -2.92. The van der Waals surface area contributed by atoms with E-state index in [4.69, 9.17) is 0 Å². The first-order valence-corrected chi connectivity index (χ1v) is 11.6. The molecular weight excluding hydrogens is 459 g/mol. The zero-order chi connectivity index (χ0) is 22.2. The molecule has 0 saturated heterocycles. The molecule has 2 aromatic heterocycles. The SMILES string of the molecule is O=C(CSc1nnc(C2CC2)n1Cc1ccccc1)Nc1nc2c(F)c(F)c(F)cc2s1. The third-order valence-corrected chi connectivity index (χ3v) is 6.86. The predicted molar refractivity (Wildman–Crippen MR) is 116 cm³/mol. The molecule has 0 spiro atoms. The van der Waals surface area contributed by atoms with Gasteiger partial charge in [-0.05, 0) is 24.5 Å². The quantitative estimate of drug-likeness (QED) is 0.302. The van der Waals surface area contributed by atoms with Crippen molar-refractivity contribution in [3.05, 3.63) is 65.2 Å². The van der Waals surface area contributed by atoms with Crippen LogP contribution in [0, 0.1) is 17.5 Å². The zero-order valence-electron chi connectivity index (χ0n) is 16.5. The molecule has 1 fully saturated rings. The van der Waals surface area contributed by atoms with Crippen molar-refractivity contribution in [3.63, 3.8) is 0 Å². The number of carbonyl (C=O) groups excluding carboxylic acids is 1. The number of carbonyl (C=O) groups is 1. The van der Waals surface area contributed by atoms with E-state index in [1.807, 2.05) is 34.9 Å². The Morgan fingerprint density at radius 2 is 1.94 bits per heavy atom. The highest BCUT2D eigenvalue weighted by Gasteiger charge is 2.30. The minimum atomic E-state index is -1.58. The van der Waals surface area contributed by atoms with E-state index < -0.39 is 23.4 Å². The van der Waals surface area contributed by atoms with Gasteiger partial charge in [0.1, 0.15) is 11.3 Å². The maximum Gasteiger partial charge on any atom is 0.236 e. The normalized spacial score (nSPS) is 13.6. The van der Waals surface area contributed by atoms with Crippen molar-refractivity contribution in [2.45, 2.75) is 30.5 Å². The zero-order valence-corrected chi connectivity index (χ0v) is 18.2. The number of nitrogens with one attached hydrogen (secondary N) is 1. The Morgan fingerprint density at radius 3 is 2.69 bits per heavy atom. The van der Waals surface area contributed by atoms with Gasteiger partial charge in [-0.15, -0.1) is 10.2 Å². The van der Waals surface area contributed by atoms with Crippen molar-refractivity contribution in [3.8, 4) is 0 Å². The molecule has 0 unspecified atom stereocenters. The summed E-state index contributed by atoms with van der Waals surface area (Å²) in [4.78, 5) is 16.3. The molecule has 0 atom stereocenters. The third-order valence-electron chi connectivity index (χ3n) is 4.97. The number of thioether (sulfide) groups is 1. The van der Waals surface area contributed by atoms with Gasteiger partial charge in [-0.2, -0.15) is 0 Å². The fourth-order valence-corrected chi connectivity index (χ4v) is 4.93. The van der Waals surface area contributed by atoms with E-state index in [2.05, 4.69) is 20.5 Å². The van der Waals surface area contributed by atoms with Crippen molar-refractivity contribution >= 4 is 44.4 Å². The Balaban J connectivity index is 1.29. The van der Waals surface area contributed by atoms with E-state index in [0.29, 0.717) is 17.6 Å². The van der Waals surface area contributed by atoms with Gasteiger partial charge in [0.15, 0.2) is 27.7 Å². The minimum Gasteiger partial charge on any atom is -0.301 e. The molecule has 0 radical (unpaired) electrons. The summed E-state index contributed by atoms with van der Waals surface area (Å²) in [5.41, 5.74) is 0.796. The average Bonchev–Trinajstić information content (AvgIpc) is 3.44. The lowest BCUT2D eigenvalue weighted by atomic mass is 10.2. The van der Waals surface area contributed by atoms with Crippen molar-refractivity contribution in [1.82, 2.24) is 19.7 Å². The van der Waals surface area contributed by atoms with Gasteiger partial charge >= 0.3 is 0 Å². The van der Waals surface area contributed by atoms with Crippen LogP contribution in [0.15, 0.2) is 41.6 Å². The summed E-state index contributed by atoms with van der Waals surface area (Å²) in [6.45, 7) is 0.609. The highest BCUT2D eigenvalue weighted by molar-refractivity contribution is 7.99. The van der Waals surface area contributed by atoms with Gasteiger partial charge in [0.25, 0.3) is 0 Å². The van der Waals surface area contributed by atoms with Crippen LogP contribution < -0.4 is 5.32 Å². The molecule has 1 aliphatic carbocycles. The second kappa shape index (κ2) is 8.55. The number of hydrogen-bond donors (Lipinski definition) is 1. The standard InChI is InChI=1S/C21H16F3N5OS2/c22-13-8-14-18(17(24)16(13)23)26-20(32-14)25-15(30)10-31-21-28-27-19(12-6-7-12)29(21)9-11-4-2-1-3-5-11/h1-5,8,12H,6-7,9-10H2,(H,25,26,30). The van der Waals surface area contributed by atoms with Crippen molar-refractivity contribution in [2.75, 3.05) is 11.1 Å². The second-order valence-electron chi connectivity index (χ2n) is 7.38. The van der Waals surface area contributed by atoms with E-state index in [1.165, 1.54) is 11.8 Å². The molecule has 6 nitrogen and oxygen atoms in total. The molecule has 1 amide bonds. The van der Waals surface area contributed by atoms with Crippen LogP contribution in [-0.4, -0.2) is 31.4 Å². The fraction of sp³-hybridized carbons (Fsp3) is 0.238. The molecule has 2 heterocycles. The van der Waals surface area contributed by atoms with Crippen molar-refractivity contribution in [1.29, 1.82) is 0 Å². The predicted octanol–water partition coefficient (Wildman–Crippen LogP) is 4.96. The summed E-state index contributed by atoms with van der Waals surface area (Å²) in [5.74, 6) is -3.30. The molecule has 11 heteroatoms. The van der Waals surface area contributed by atoms with Gasteiger partial charge in [0, 0.05) is 5.92 Å². The van der Waals surface area contributed by atoms with E-state index in [-0.39, 0.29) is 21.1 Å². The Kier molecular flexibility index (Phi) is 5.60. The highest BCUT2D eigenvalue weighted by atomic mass is 32.2. The summed E-state index contributed by atoms with van der Waals surface area (Å²) < 4.78 is 42.8. The number of aromatic nitrogens is 4. The van der Waals surface area contributed by atoms with Crippen LogP contribution in [0.1, 0.15) is 30.1 Å². The lowest BCUT2D eigenvalue weighted by Crippen LogP contribution is -2.15. The largest absolute Gasteiger partial charge is 0.301 e. The molecular formula is C21H16F3N5OS2. The highest BCUT2D eigenvalue weighted by Crippen LogP contribution is 2.40. The molecule has 1 N–H and O–H groups in total. The van der Waals surface area contributed by atoms with E-state index in [9.17, 15) is 18.0 Å². The van der Waals surface area contributed by atoms with Crippen LogP contribution >= 0.6 is 23.1 Å². The van der Waals surface area contributed by atoms with Gasteiger partial charge in [0.2, 0.25) is 5.91 Å². The smallest absolute Gasteiger partial charge is 0.236 e. The number of anilines is 1. The number of benzene rings is 2. The van der Waals surface area contributed by atoms with Gasteiger partial charge in [-0.1, -0.05) is 53.4 Å². The van der Waals surface area contributed by atoms with E-state index in [0.717, 1.165) is 41.6 Å². The molecule has 5 rings (SSSR count). The van der Waals surface area contributed by atoms with Gasteiger partial charge in [0.05, 0.1) is 17.0 Å². The maximum atomic E-state index is 13.9. The van der Waals surface area contributed by atoms with Gasteiger partial charge in [-0.25, -0.2) is 18.2 Å². The lowest BCUT2D eigenvalue weighted by molar-refractivity contribution is -0.113. The number of halogens is 3. The topological polar surface area (TPSA) is 72.7 Å². The lowest BCUT2D eigenvalue weighted by Gasteiger charge is -2.10. The first kappa shape index (κ1) is 21.0. The number of rotatable bonds is 7. The van der Waals surface area contributed by atoms with Crippen molar-refractivity contribution in [2.24, 2.45) is 0 Å². The molecule has 164 valence electrons. The number of nitrogens with zero attached hydrogens (tertiary/aromatic N) is 4. The molecule has 32 heavy (non-hydrogen) atoms. The Labute approximate surface area is 188 Å². The summed E-state index contributed by atoms with van der Waals surface area (Å²) in [5, 5.41) is 11.9. The molecule has 0 bridgehead atoms. The molecule has 2 aromatic carbocycles. The van der Waals surface area contributed by atoms with Gasteiger partial charge < -0.3 is 9.88 Å². The van der Waals surface area contributed by atoms with Crippen LogP contribution in [0.5, 0.6) is 0 Å². The fourth-order valence-electron chi connectivity index (χ4n) is 3.28. The Bertz CT molecular complexity index is 1300. The summed E-state index contributed by atoms with van der Waals surface area (Å²) in [7, 11) is 0. The van der Waals surface area contributed by atoms with E-state index >= 15 is 0 Å². The summed E-state index contributed by atoms with van der Waals surface area (Å²) in [6.07, 6.45) is 2.15. The minimum absolute atomic E-state index is 0.0265. The number of amides is 1. The maximum absolute atomic E-state index is 13.9. The molecule has 0 aliphatic heterocycles. The molecule has 4 aromatic rings.